The summed E-state index contributed by atoms with van der Waals surface area (Å²) < 4.78 is 3.49. The number of aromatic nitrogens is 6. The summed E-state index contributed by atoms with van der Waals surface area (Å²) in [5, 5.41) is 20.9. The minimum atomic E-state index is 0.217. The van der Waals surface area contributed by atoms with Crippen molar-refractivity contribution >= 4 is 5.71 Å². The number of hydrogen-bond donors (Lipinski definition) is 0. The summed E-state index contributed by atoms with van der Waals surface area (Å²) in [5.74, 6) is 0. The zero-order valence-electron chi connectivity index (χ0n) is 16.5. The third kappa shape index (κ3) is 4.06. The number of oxime groups is 1. The van der Waals surface area contributed by atoms with Crippen LogP contribution >= 0.6 is 0 Å². The van der Waals surface area contributed by atoms with Crippen molar-refractivity contribution in [3.05, 3.63) is 83.4 Å². The van der Waals surface area contributed by atoms with Gasteiger partial charge in [0, 0.05) is 0 Å². The molecule has 0 fully saturated rings. The smallest absolute Gasteiger partial charge is 0.162 e. The van der Waals surface area contributed by atoms with Crippen molar-refractivity contribution in [3.63, 3.8) is 0 Å². The van der Waals surface area contributed by atoms with E-state index in [2.05, 4.69) is 25.8 Å². The van der Waals surface area contributed by atoms with Crippen LogP contribution in [0, 0.1) is 13.8 Å². The lowest BCUT2D eigenvalue weighted by Gasteiger charge is -2.03. The van der Waals surface area contributed by atoms with Gasteiger partial charge in [0.25, 0.3) is 0 Å². The zero-order chi connectivity index (χ0) is 20.2. The van der Waals surface area contributed by atoms with E-state index in [4.69, 9.17) is 4.84 Å². The minimum absolute atomic E-state index is 0.217. The van der Waals surface area contributed by atoms with Crippen molar-refractivity contribution in [2.45, 2.75) is 27.4 Å². The van der Waals surface area contributed by atoms with E-state index in [1.807, 2.05) is 81.6 Å². The molecule has 0 aliphatic carbocycles. The van der Waals surface area contributed by atoms with Crippen molar-refractivity contribution in [1.29, 1.82) is 0 Å². The average Bonchev–Trinajstić information content (AvgIpc) is 3.36. The summed E-state index contributed by atoms with van der Waals surface area (Å²) in [6.45, 7) is 6.06. The maximum atomic E-state index is 5.47. The molecule has 0 bridgehead atoms. The standard InChI is InChI=1S/C21H21N7O/c1-15-9-11-19(12-10-15)27-13-18(22-25-27)14-29-24-16(2)21-17(3)28(26-23-21)20-7-5-4-6-8-20/h4-13H,14H2,1-3H3. The highest BCUT2D eigenvalue weighted by atomic mass is 16.6. The molecule has 2 aromatic heterocycles. The molecule has 0 aliphatic heterocycles. The molecule has 29 heavy (non-hydrogen) atoms. The van der Waals surface area contributed by atoms with Gasteiger partial charge in [-0.3, -0.25) is 0 Å². The van der Waals surface area contributed by atoms with Crippen LogP contribution in [-0.2, 0) is 11.4 Å². The van der Waals surface area contributed by atoms with Gasteiger partial charge >= 0.3 is 0 Å². The van der Waals surface area contributed by atoms with Gasteiger partial charge in [0.15, 0.2) is 6.61 Å². The van der Waals surface area contributed by atoms with Crippen molar-refractivity contribution in [3.8, 4) is 11.4 Å². The molecule has 4 rings (SSSR count). The SMILES string of the molecule is CC(=NOCc1cn(-c2ccc(C)cc2)nn1)c1nnn(-c2ccccc2)c1C. The number of benzene rings is 2. The molecule has 2 heterocycles. The highest BCUT2D eigenvalue weighted by Crippen LogP contribution is 2.13. The van der Waals surface area contributed by atoms with Gasteiger partial charge in [-0.1, -0.05) is 51.5 Å². The molecule has 0 amide bonds. The van der Waals surface area contributed by atoms with Crippen LogP contribution in [-0.4, -0.2) is 35.7 Å². The van der Waals surface area contributed by atoms with E-state index in [0.29, 0.717) is 17.1 Å². The van der Waals surface area contributed by atoms with Crippen molar-refractivity contribution < 1.29 is 4.84 Å². The fourth-order valence-corrected chi connectivity index (χ4v) is 2.90. The summed E-state index contributed by atoms with van der Waals surface area (Å²) in [6, 6.07) is 17.9. The lowest BCUT2D eigenvalue weighted by molar-refractivity contribution is 0.127. The van der Waals surface area contributed by atoms with Gasteiger partial charge < -0.3 is 4.84 Å². The van der Waals surface area contributed by atoms with Crippen LogP contribution in [0.25, 0.3) is 11.4 Å². The topological polar surface area (TPSA) is 83.0 Å². The number of aryl methyl sites for hydroxylation is 1. The zero-order valence-corrected chi connectivity index (χ0v) is 16.5. The summed E-state index contributed by atoms with van der Waals surface area (Å²) in [5.41, 5.74) is 6.01. The molecule has 8 heteroatoms. The monoisotopic (exact) mass is 387 g/mol. The summed E-state index contributed by atoms with van der Waals surface area (Å²) >= 11 is 0. The van der Waals surface area contributed by atoms with E-state index in [0.717, 1.165) is 17.1 Å². The van der Waals surface area contributed by atoms with Crippen LogP contribution in [0.1, 0.15) is 29.6 Å². The highest BCUT2D eigenvalue weighted by molar-refractivity contribution is 5.97. The Morgan fingerprint density at radius 2 is 1.69 bits per heavy atom. The van der Waals surface area contributed by atoms with Gasteiger partial charge in [0.2, 0.25) is 0 Å². The Balaban J connectivity index is 1.43. The molecule has 146 valence electrons. The van der Waals surface area contributed by atoms with Gasteiger partial charge in [0.1, 0.15) is 17.1 Å². The third-order valence-electron chi connectivity index (χ3n) is 4.49. The van der Waals surface area contributed by atoms with Crippen LogP contribution < -0.4 is 0 Å². The first-order chi connectivity index (χ1) is 14.1. The Kier molecular flexibility index (Phi) is 5.15. The fraction of sp³-hybridized carbons (Fsp3) is 0.190. The second-order valence-electron chi connectivity index (χ2n) is 6.71. The van der Waals surface area contributed by atoms with Crippen molar-refractivity contribution in [1.82, 2.24) is 30.0 Å². The number of rotatable bonds is 6. The molecule has 0 unspecified atom stereocenters. The number of hydrogen-bond acceptors (Lipinski definition) is 6. The first-order valence-corrected chi connectivity index (χ1v) is 9.25. The maximum Gasteiger partial charge on any atom is 0.162 e. The van der Waals surface area contributed by atoms with E-state index in [9.17, 15) is 0 Å². The van der Waals surface area contributed by atoms with Crippen LogP contribution in [0.4, 0.5) is 0 Å². The Hall–Kier alpha value is -3.81. The molecule has 2 aromatic carbocycles. The predicted molar refractivity (Wildman–Crippen MR) is 109 cm³/mol. The average molecular weight is 387 g/mol. The molecule has 0 atom stereocenters. The fourth-order valence-electron chi connectivity index (χ4n) is 2.90. The second kappa shape index (κ2) is 8.05. The summed E-state index contributed by atoms with van der Waals surface area (Å²) in [7, 11) is 0. The van der Waals surface area contributed by atoms with E-state index in [1.165, 1.54) is 5.56 Å². The number of para-hydroxylation sites is 1. The van der Waals surface area contributed by atoms with Crippen LogP contribution in [0.15, 0.2) is 65.9 Å². The molecule has 0 N–H and O–H groups in total. The molecule has 0 saturated carbocycles. The minimum Gasteiger partial charge on any atom is -0.389 e. The van der Waals surface area contributed by atoms with Gasteiger partial charge in [0.05, 0.1) is 23.3 Å². The molecule has 0 radical (unpaired) electrons. The lowest BCUT2D eigenvalue weighted by atomic mass is 10.2. The molecular weight excluding hydrogens is 366 g/mol. The summed E-state index contributed by atoms with van der Waals surface area (Å²) in [4.78, 5) is 5.47. The normalized spacial score (nSPS) is 11.6. The molecular formula is C21H21N7O. The third-order valence-corrected chi connectivity index (χ3v) is 4.49. The van der Waals surface area contributed by atoms with E-state index >= 15 is 0 Å². The molecule has 0 aliphatic rings. The predicted octanol–water partition coefficient (Wildman–Crippen LogP) is 3.41. The van der Waals surface area contributed by atoms with Crippen LogP contribution in [0.5, 0.6) is 0 Å². The van der Waals surface area contributed by atoms with Gasteiger partial charge in [-0.15, -0.1) is 10.2 Å². The quantitative estimate of drug-likeness (QED) is 0.374. The summed E-state index contributed by atoms with van der Waals surface area (Å²) in [6.07, 6.45) is 1.83. The lowest BCUT2D eigenvalue weighted by Crippen LogP contribution is -2.02. The van der Waals surface area contributed by atoms with Crippen LogP contribution in [0.3, 0.4) is 0 Å². The molecule has 0 spiro atoms. The Morgan fingerprint density at radius 1 is 0.931 bits per heavy atom. The number of nitrogens with zero attached hydrogens (tertiary/aromatic N) is 7. The molecule has 8 nitrogen and oxygen atoms in total. The van der Waals surface area contributed by atoms with Gasteiger partial charge in [-0.25, -0.2) is 9.36 Å². The first kappa shape index (κ1) is 18.5. The van der Waals surface area contributed by atoms with Crippen molar-refractivity contribution in [2.24, 2.45) is 5.16 Å². The molecule has 4 aromatic rings. The van der Waals surface area contributed by atoms with Gasteiger partial charge in [-0.2, -0.15) is 0 Å². The van der Waals surface area contributed by atoms with E-state index in [-0.39, 0.29) is 6.61 Å². The maximum absolute atomic E-state index is 5.47. The van der Waals surface area contributed by atoms with Crippen molar-refractivity contribution in [2.75, 3.05) is 0 Å². The Labute approximate surface area is 168 Å². The second-order valence-corrected chi connectivity index (χ2v) is 6.71. The molecule has 0 saturated heterocycles. The highest BCUT2D eigenvalue weighted by Gasteiger charge is 2.13. The van der Waals surface area contributed by atoms with Crippen LogP contribution in [0.2, 0.25) is 0 Å². The van der Waals surface area contributed by atoms with Gasteiger partial charge in [-0.05, 0) is 45.0 Å². The Bertz CT molecular complexity index is 1130. The first-order valence-electron chi connectivity index (χ1n) is 9.25. The van der Waals surface area contributed by atoms with E-state index < -0.39 is 0 Å². The largest absolute Gasteiger partial charge is 0.389 e. The van der Waals surface area contributed by atoms with E-state index in [1.54, 1.807) is 9.36 Å². The Morgan fingerprint density at radius 3 is 2.45 bits per heavy atom.